The molecule has 3 heteroatoms. The molecule has 0 radical (unpaired) electrons. The van der Waals surface area contributed by atoms with E-state index in [0.29, 0.717) is 5.56 Å². The number of hydrogen-bond acceptors (Lipinski definition) is 3. The van der Waals surface area contributed by atoms with E-state index in [-0.39, 0.29) is 6.61 Å². The summed E-state index contributed by atoms with van der Waals surface area (Å²) >= 11 is 0. The second kappa shape index (κ2) is 7.13. The summed E-state index contributed by atoms with van der Waals surface area (Å²) < 4.78 is 0. The molecule has 2 aromatic rings. The zero-order valence-electron chi connectivity index (χ0n) is 10.4. The van der Waals surface area contributed by atoms with Gasteiger partial charge in [-0.15, -0.1) is 0 Å². The predicted octanol–water partition coefficient (Wildman–Crippen LogP) is 3.49. The van der Waals surface area contributed by atoms with Gasteiger partial charge in [0, 0.05) is 0 Å². The number of carbonyl (C=O) groups excluding carboxylic acids is 1. The summed E-state index contributed by atoms with van der Waals surface area (Å²) in [6.07, 6.45) is 3.68. The molecular weight excluding hydrogens is 240 g/mol. The Morgan fingerprint density at radius 3 is 2.26 bits per heavy atom. The SMILES string of the molecule is O=C(OOCC=Cc1ccccc1)c1ccccc1. The maximum absolute atomic E-state index is 11.5. The first kappa shape index (κ1) is 13.1. The van der Waals surface area contributed by atoms with Gasteiger partial charge < -0.3 is 0 Å². The number of carbonyl (C=O) groups is 1. The highest BCUT2D eigenvalue weighted by Gasteiger charge is 2.05. The molecule has 0 aliphatic rings. The van der Waals surface area contributed by atoms with Gasteiger partial charge in [-0.2, -0.15) is 4.89 Å². The molecule has 0 N–H and O–H groups in total. The quantitative estimate of drug-likeness (QED) is 0.465. The lowest BCUT2D eigenvalue weighted by atomic mass is 10.2. The van der Waals surface area contributed by atoms with Crippen LogP contribution in [0.15, 0.2) is 66.7 Å². The molecular formula is C16H14O3. The highest BCUT2D eigenvalue weighted by molar-refractivity contribution is 5.88. The minimum Gasteiger partial charge on any atom is -0.293 e. The van der Waals surface area contributed by atoms with Gasteiger partial charge in [0.1, 0.15) is 6.61 Å². The fraction of sp³-hybridized carbons (Fsp3) is 0.0625. The van der Waals surface area contributed by atoms with E-state index in [1.54, 1.807) is 30.3 Å². The molecule has 2 rings (SSSR count). The molecule has 2 aromatic carbocycles. The van der Waals surface area contributed by atoms with Gasteiger partial charge in [-0.3, -0.25) is 4.89 Å². The lowest BCUT2D eigenvalue weighted by molar-refractivity contribution is -0.231. The van der Waals surface area contributed by atoms with E-state index in [4.69, 9.17) is 4.89 Å². The van der Waals surface area contributed by atoms with E-state index in [9.17, 15) is 4.79 Å². The van der Waals surface area contributed by atoms with Crippen molar-refractivity contribution in [1.29, 1.82) is 0 Å². The van der Waals surface area contributed by atoms with Gasteiger partial charge in [0.15, 0.2) is 0 Å². The second-order valence-electron chi connectivity index (χ2n) is 3.83. The van der Waals surface area contributed by atoms with E-state index in [1.807, 2.05) is 42.5 Å². The van der Waals surface area contributed by atoms with Crippen LogP contribution in [0.5, 0.6) is 0 Å². The first-order valence-electron chi connectivity index (χ1n) is 5.97. The van der Waals surface area contributed by atoms with Crippen molar-refractivity contribution < 1.29 is 14.6 Å². The van der Waals surface area contributed by atoms with Crippen LogP contribution in [0, 0.1) is 0 Å². The van der Waals surface area contributed by atoms with Gasteiger partial charge in [0.2, 0.25) is 0 Å². The number of rotatable bonds is 5. The lowest BCUT2D eigenvalue weighted by Gasteiger charge is -2.00. The van der Waals surface area contributed by atoms with Crippen molar-refractivity contribution in [2.75, 3.05) is 6.61 Å². The molecule has 3 nitrogen and oxygen atoms in total. The molecule has 0 heterocycles. The van der Waals surface area contributed by atoms with Crippen molar-refractivity contribution in [3.8, 4) is 0 Å². The maximum Gasteiger partial charge on any atom is 0.373 e. The van der Waals surface area contributed by atoms with Crippen LogP contribution in [-0.4, -0.2) is 12.6 Å². The van der Waals surface area contributed by atoms with Gasteiger partial charge in [-0.1, -0.05) is 60.7 Å². The first-order chi connectivity index (χ1) is 9.36. The largest absolute Gasteiger partial charge is 0.373 e. The van der Waals surface area contributed by atoms with Gasteiger partial charge >= 0.3 is 5.97 Å². The standard InChI is InChI=1S/C16H14O3/c17-16(15-11-5-2-6-12-15)19-18-13-7-10-14-8-3-1-4-9-14/h1-12H,13H2. The minimum absolute atomic E-state index is 0.216. The van der Waals surface area contributed by atoms with Crippen molar-refractivity contribution >= 4 is 12.0 Å². The Bertz CT molecular complexity index is 532. The summed E-state index contributed by atoms with van der Waals surface area (Å²) in [5, 5.41) is 0. The van der Waals surface area contributed by atoms with Crippen molar-refractivity contribution in [1.82, 2.24) is 0 Å². The highest BCUT2D eigenvalue weighted by Crippen LogP contribution is 2.03. The third-order valence-corrected chi connectivity index (χ3v) is 2.42. The average Bonchev–Trinajstić information content (AvgIpc) is 2.49. The fourth-order valence-corrected chi connectivity index (χ4v) is 1.50. The van der Waals surface area contributed by atoms with Gasteiger partial charge in [0.05, 0.1) is 5.56 Å². The van der Waals surface area contributed by atoms with E-state index < -0.39 is 5.97 Å². The third kappa shape index (κ3) is 4.41. The third-order valence-electron chi connectivity index (χ3n) is 2.42. The first-order valence-corrected chi connectivity index (χ1v) is 5.97. The van der Waals surface area contributed by atoms with Crippen LogP contribution >= 0.6 is 0 Å². The Kier molecular flexibility index (Phi) is 4.90. The van der Waals surface area contributed by atoms with Crippen LogP contribution in [0.3, 0.4) is 0 Å². The van der Waals surface area contributed by atoms with Crippen molar-refractivity contribution in [2.45, 2.75) is 0 Å². The molecule has 0 fully saturated rings. The summed E-state index contributed by atoms with van der Waals surface area (Å²) in [4.78, 5) is 21.0. The van der Waals surface area contributed by atoms with Crippen LogP contribution < -0.4 is 0 Å². The topological polar surface area (TPSA) is 35.5 Å². The summed E-state index contributed by atoms with van der Waals surface area (Å²) in [5.74, 6) is -0.492. The normalized spacial score (nSPS) is 10.5. The minimum atomic E-state index is -0.492. The molecule has 0 spiro atoms. The Labute approximate surface area is 112 Å². The second-order valence-corrected chi connectivity index (χ2v) is 3.83. The molecule has 0 atom stereocenters. The van der Waals surface area contributed by atoms with Crippen LogP contribution in [-0.2, 0) is 9.78 Å². The molecule has 0 aliphatic heterocycles. The zero-order valence-corrected chi connectivity index (χ0v) is 10.4. The van der Waals surface area contributed by atoms with Crippen LogP contribution in [0.4, 0.5) is 0 Å². The number of hydrogen-bond donors (Lipinski definition) is 0. The summed E-state index contributed by atoms with van der Waals surface area (Å²) in [6, 6.07) is 18.5. The van der Waals surface area contributed by atoms with Gasteiger partial charge in [0.25, 0.3) is 0 Å². The Morgan fingerprint density at radius 1 is 0.947 bits per heavy atom. The van der Waals surface area contributed by atoms with Crippen LogP contribution in [0.2, 0.25) is 0 Å². The van der Waals surface area contributed by atoms with Crippen molar-refractivity contribution in [3.05, 3.63) is 77.9 Å². The highest BCUT2D eigenvalue weighted by atomic mass is 17.2. The smallest absolute Gasteiger partial charge is 0.293 e. The number of benzene rings is 2. The summed E-state index contributed by atoms with van der Waals surface area (Å²) in [6.45, 7) is 0.216. The van der Waals surface area contributed by atoms with E-state index in [0.717, 1.165) is 5.56 Å². The van der Waals surface area contributed by atoms with E-state index in [1.165, 1.54) is 0 Å². The van der Waals surface area contributed by atoms with E-state index >= 15 is 0 Å². The fourth-order valence-electron chi connectivity index (χ4n) is 1.50. The van der Waals surface area contributed by atoms with Gasteiger partial charge in [-0.05, 0) is 17.7 Å². The summed E-state index contributed by atoms with van der Waals surface area (Å²) in [7, 11) is 0. The monoisotopic (exact) mass is 254 g/mol. The van der Waals surface area contributed by atoms with Crippen molar-refractivity contribution in [2.24, 2.45) is 0 Å². The molecule has 0 aliphatic carbocycles. The molecule has 0 saturated carbocycles. The summed E-state index contributed by atoms with van der Waals surface area (Å²) in [5.41, 5.74) is 1.54. The molecule has 0 saturated heterocycles. The lowest BCUT2D eigenvalue weighted by Crippen LogP contribution is -2.05. The molecule has 0 aromatic heterocycles. The average molecular weight is 254 g/mol. The Morgan fingerprint density at radius 2 is 1.58 bits per heavy atom. The van der Waals surface area contributed by atoms with Gasteiger partial charge in [-0.25, -0.2) is 4.79 Å². The maximum atomic E-state index is 11.5. The molecule has 0 amide bonds. The zero-order chi connectivity index (χ0) is 13.3. The Hall–Kier alpha value is -2.39. The molecule has 0 unspecified atom stereocenters. The van der Waals surface area contributed by atoms with E-state index in [2.05, 4.69) is 4.89 Å². The molecule has 0 bridgehead atoms. The molecule has 19 heavy (non-hydrogen) atoms. The van der Waals surface area contributed by atoms with Crippen LogP contribution in [0.1, 0.15) is 15.9 Å². The Balaban J connectivity index is 1.73. The predicted molar refractivity (Wildman–Crippen MR) is 73.3 cm³/mol. The van der Waals surface area contributed by atoms with Crippen LogP contribution in [0.25, 0.3) is 6.08 Å². The molecule has 96 valence electrons. The van der Waals surface area contributed by atoms with Crippen molar-refractivity contribution in [3.63, 3.8) is 0 Å².